The number of fused-ring (bicyclic) bond motifs is 1. The highest BCUT2D eigenvalue weighted by molar-refractivity contribution is 5.96. The molecule has 0 saturated carbocycles. The van der Waals surface area contributed by atoms with Crippen molar-refractivity contribution < 1.29 is 14.6 Å². The van der Waals surface area contributed by atoms with E-state index in [9.17, 15) is 9.90 Å². The Balaban J connectivity index is 2.06. The second-order valence-corrected chi connectivity index (χ2v) is 5.25. The normalized spacial score (nSPS) is 11.2. The summed E-state index contributed by atoms with van der Waals surface area (Å²) in [6.45, 7) is 0. The average molecular weight is 307 g/mol. The van der Waals surface area contributed by atoms with Crippen LogP contribution in [0, 0.1) is 0 Å². The Morgan fingerprint density at radius 3 is 2.65 bits per heavy atom. The number of methoxy groups -OCH3 is 1. The molecule has 116 valence electrons. The Morgan fingerprint density at radius 2 is 1.91 bits per heavy atom. The van der Waals surface area contributed by atoms with Gasteiger partial charge in [0.05, 0.1) is 12.7 Å². The number of esters is 1. The Labute approximate surface area is 134 Å². The van der Waals surface area contributed by atoms with Gasteiger partial charge in [-0.15, -0.1) is 0 Å². The topological polar surface area (TPSA) is 51.5 Å². The number of aromatic nitrogens is 1. The number of carbonyl (C=O) groups is 1. The number of aromatic hydroxyl groups is 1. The number of para-hydroxylation sites is 1. The lowest BCUT2D eigenvalue weighted by atomic mass is 10.1. The average Bonchev–Trinajstić information content (AvgIpc) is 2.89. The van der Waals surface area contributed by atoms with Crippen LogP contribution in [0.5, 0.6) is 5.75 Å². The number of phenols is 1. The number of hydrogen-bond donors (Lipinski definition) is 1. The fourth-order valence-corrected chi connectivity index (χ4v) is 2.66. The first-order chi connectivity index (χ1) is 11.1. The van der Waals surface area contributed by atoms with E-state index in [0.29, 0.717) is 11.1 Å². The molecule has 0 radical (unpaired) electrons. The first-order valence-electron chi connectivity index (χ1n) is 7.24. The van der Waals surface area contributed by atoms with Crippen LogP contribution in [0.3, 0.4) is 0 Å². The molecular formula is C19H17NO3. The highest BCUT2D eigenvalue weighted by Crippen LogP contribution is 2.26. The van der Waals surface area contributed by atoms with Gasteiger partial charge in [-0.2, -0.15) is 0 Å². The minimum Gasteiger partial charge on any atom is -0.507 e. The van der Waals surface area contributed by atoms with Gasteiger partial charge < -0.3 is 14.4 Å². The van der Waals surface area contributed by atoms with Gasteiger partial charge in [-0.05, 0) is 36.4 Å². The van der Waals surface area contributed by atoms with E-state index in [0.717, 1.165) is 16.6 Å². The molecule has 0 aliphatic heterocycles. The lowest BCUT2D eigenvalue weighted by molar-refractivity contribution is 0.0600. The van der Waals surface area contributed by atoms with Crippen LogP contribution in [-0.4, -0.2) is 22.8 Å². The number of phenolic OH excluding ortho intramolecular Hbond substituents is 1. The third-order valence-electron chi connectivity index (χ3n) is 3.90. The van der Waals surface area contributed by atoms with E-state index >= 15 is 0 Å². The molecule has 4 nitrogen and oxygen atoms in total. The molecule has 0 aliphatic carbocycles. The second-order valence-electron chi connectivity index (χ2n) is 5.25. The lowest BCUT2D eigenvalue weighted by Crippen LogP contribution is -2.03. The first kappa shape index (κ1) is 14.9. The SMILES string of the molecule is COC(=O)c1cccc(O)c1C=Cc1cc2ccccc2n1C. The number of hydrogen-bond acceptors (Lipinski definition) is 3. The van der Waals surface area contributed by atoms with Crippen LogP contribution in [0.2, 0.25) is 0 Å². The Morgan fingerprint density at radius 1 is 1.13 bits per heavy atom. The zero-order valence-electron chi connectivity index (χ0n) is 13.0. The molecular weight excluding hydrogens is 290 g/mol. The largest absolute Gasteiger partial charge is 0.507 e. The van der Waals surface area contributed by atoms with Crippen molar-refractivity contribution in [3.8, 4) is 5.75 Å². The van der Waals surface area contributed by atoms with E-state index < -0.39 is 5.97 Å². The summed E-state index contributed by atoms with van der Waals surface area (Å²) < 4.78 is 6.83. The maximum absolute atomic E-state index is 11.8. The van der Waals surface area contributed by atoms with Crippen molar-refractivity contribution in [1.29, 1.82) is 0 Å². The van der Waals surface area contributed by atoms with Crippen LogP contribution in [0.25, 0.3) is 23.1 Å². The summed E-state index contributed by atoms with van der Waals surface area (Å²) in [5.41, 5.74) is 2.88. The first-order valence-corrected chi connectivity index (χ1v) is 7.24. The molecule has 0 fully saturated rings. The zero-order valence-corrected chi connectivity index (χ0v) is 13.0. The van der Waals surface area contributed by atoms with Gasteiger partial charge in [0.15, 0.2) is 0 Å². The van der Waals surface area contributed by atoms with Crippen molar-refractivity contribution in [3.63, 3.8) is 0 Å². The molecule has 0 amide bonds. The van der Waals surface area contributed by atoms with Crippen molar-refractivity contribution in [2.45, 2.75) is 0 Å². The van der Waals surface area contributed by atoms with Gasteiger partial charge in [-0.3, -0.25) is 0 Å². The van der Waals surface area contributed by atoms with E-state index in [4.69, 9.17) is 4.74 Å². The van der Waals surface area contributed by atoms with Crippen LogP contribution in [0.4, 0.5) is 0 Å². The molecule has 0 bridgehead atoms. The summed E-state index contributed by atoms with van der Waals surface area (Å²) in [4.78, 5) is 11.8. The highest BCUT2D eigenvalue weighted by Gasteiger charge is 2.13. The third-order valence-corrected chi connectivity index (χ3v) is 3.90. The zero-order chi connectivity index (χ0) is 16.4. The number of ether oxygens (including phenoxy) is 1. The molecule has 1 aromatic heterocycles. The van der Waals surface area contributed by atoms with Crippen LogP contribution in [-0.2, 0) is 11.8 Å². The Hall–Kier alpha value is -3.01. The molecule has 1 N–H and O–H groups in total. The minimum atomic E-state index is -0.474. The van der Waals surface area contributed by atoms with Crippen LogP contribution in [0.15, 0.2) is 48.5 Å². The number of rotatable bonds is 3. The smallest absolute Gasteiger partial charge is 0.338 e. The molecule has 1 heterocycles. The van der Waals surface area contributed by atoms with Crippen LogP contribution >= 0.6 is 0 Å². The summed E-state index contributed by atoms with van der Waals surface area (Å²) in [6, 6.07) is 14.9. The van der Waals surface area contributed by atoms with Gasteiger partial charge in [-0.25, -0.2) is 4.79 Å². The fraction of sp³-hybridized carbons (Fsp3) is 0.105. The summed E-state index contributed by atoms with van der Waals surface area (Å²) in [7, 11) is 3.30. The van der Waals surface area contributed by atoms with Gasteiger partial charge in [0, 0.05) is 29.2 Å². The van der Waals surface area contributed by atoms with E-state index in [1.54, 1.807) is 24.3 Å². The van der Waals surface area contributed by atoms with Crippen molar-refractivity contribution in [2.24, 2.45) is 7.05 Å². The number of benzene rings is 2. The lowest BCUT2D eigenvalue weighted by Gasteiger charge is -2.06. The van der Waals surface area contributed by atoms with Gasteiger partial charge in [0.2, 0.25) is 0 Å². The van der Waals surface area contributed by atoms with Crippen molar-refractivity contribution in [1.82, 2.24) is 4.57 Å². The second kappa shape index (κ2) is 6.01. The van der Waals surface area contributed by atoms with Gasteiger partial charge in [0.1, 0.15) is 5.75 Å². The molecule has 0 spiro atoms. The van der Waals surface area contributed by atoms with Crippen LogP contribution in [0.1, 0.15) is 21.6 Å². The predicted octanol–water partition coefficient (Wildman–Crippen LogP) is 3.84. The van der Waals surface area contributed by atoms with Gasteiger partial charge >= 0.3 is 5.97 Å². The van der Waals surface area contributed by atoms with Crippen molar-refractivity contribution in [2.75, 3.05) is 7.11 Å². The van der Waals surface area contributed by atoms with E-state index in [1.807, 2.05) is 37.4 Å². The Kier molecular flexibility index (Phi) is 3.89. The van der Waals surface area contributed by atoms with Crippen molar-refractivity contribution in [3.05, 3.63) is 65.4 Å². The van der Waals surface area contributed by atoms with E-state index in [1.165, 1.54) is 7.11 Å². The molecule has 2 aromatic carbocycles. The van der Waals surface area contributed by atoms with Crippen LogP contribution < -0.4 is 0 Å². The molecule has 0 aliphatic rings. The number of carbonyl (C=O) groups excluding carboxylic acids is 1. The predicted molar refractivity (Wildman–Crippen MR) is 91.3 cm³/mol. The molecule has 4 heteroatoms. The Bertz CT molecular complexity index is 906. The van der Waals surface area contributed by atoms with E-state index in [2.05, 4.69) is 10.6 Å². The third kappa shape index (κ3) is 2.71. The molecule has 0 atom stereocenters. The summed E-state index contributed by atoms with van der Waals surface area (Å²) in [5.74, 6) is -0.430. The maximum Gasteiger partial charge on any atom is 0.338 e. The van der Waals surface area contributed by atoms with Gasteiger partial charge in [-0.1, -0.05) is 24.3 Å². The standard InChI is InChI=1S/C19H17NO3/c1-20-14(12-13-6-3-4-8-17(13)20)10-11-15-16(19(22)23-2)7-5-9-18(15)21/h3-12,21H,1-2H3. The monoisotopic (exact) mass is 307 g/mol. The molecule has 23 heavy (non-hydrogen) atoms. The quantitative estimate of drug-likeness (QED) is 0.748. The summed E-state index contributed by atoms with van der Waals surface area (Å²) in [6.07, 6.45) is 3.61. The molecule has 3 rings (SSSR count). The fourth-order valence-electron chi connectivity index (χ4n) is 2.66. The molecule has 0 unspecified atom stereocenters. The van der Waals surface area contributed by atoms with E-state index in [-0.39, 0.29) is 5.75 Å². The minimum absolute atomic E-state index is 0.0444. The van der Waals surface area contributed by atoms with Crippen molar-refractivity contribution >= 4 is 29.0 Å². The highest BCUT2D eigenvalue weighted by atomic mass is 16.5. The maximum atomic E-state index is 11.8. The van der Waals surface area contributed by atoms with Gasteiger partial charge in [0.25, 0.3) is 0 Å². The summed E-state index contributed by atoms with van der Waals surface area (Å²) in [5, 5.41) is 11.2. The number of nitrogens with zero attached hydrogens (tertiary/aromatic N) is 1. The number of aryl methyl sites for hydroxylation is 1. The molecule has 0 saturated heterocycles. The molecule has 3 aromatic rings. The summed E-state index contributed by atoms with van der Waals surface area (Å²) >= 11 is 0.